The van der Waals surface area contributed by atoms with Crippen LogP contribution in [0.15, 0.2) is 40.9 Å². The van der Waals surface area contributed by atoms with Gasteiger partial charge >= 0.3 is 0 Å². The van der Waals surface area contributed by atoms with Gasteiger partial charge in [0.15, 0.2) is 5.76 Å². The van der Waals surface area contributed by atoms with Gasteiger partial charge in [-0.3, -0.25) is 9.69 Å². The molecule has 2 heterocycles. The van der Waals surface area contributed by atoms with E-state index in [9.17, 15) is 4.79 Å². The standard InChI is InChI=1S/C19H26N4O2/c1-14(15(2)20)19(24)23-10-8-22(9-11-23)13-18-21-12-17(25-18)16-6-4-3-5-7-16/h3-7,12,14-15H,8-11,13,20H2,1-2H3. The van der Waals surface area contributed by atoms with Gasteiger partial charge in [-0.05, 0) is 6.92 Å². The third kappa shape index (κ3) is 4.27. The number of nitrogens with two attached hydrogens (primary N) is 1. The molecule has 1 fully saturated rings. The summed E-state index contributed by atoms with van der Waals surface area (Å²) in [5.41, 5.74) is 6.87. The summed E-state index contributed by atoms with van der Waals surface area (Å²) in [6, 6.07) is 9.85. The molecular weight excluding hydrogens is 316 g/mol. The summed E-state index contributed by atoms with van der Waals surface area (Å²) in [5.74, 6) is 1.52. The van der Waals surface area contributed by atoms with Gasteiger partial charge < -0.3 is 15.1 Å². The second-order valence-corrected chi connectivity index (χ2v) is 6.73. The lowest BCUT2D eigenvalue weighted by atomic mass is 10.0. The minimum atomic E-state index is -0.133. The third-order valence-electron chi connectivity index (χ3n) is 4.83. The van der Waals surface area contributed by atoms with E-state index in [2.05, 4.69) is 9.88 Å². The van der Waals surface area contributed by atoms with Crippen molar-refractivity contribution in [1.82, 2.24) is 14.8 Å². The molecule has 0 saturated carbocycles. The summed E-state index contributed by atoms with van der Waals surface area (Å²) in [6.45, 7) is 7.53. The van der Waals surface area contributed by atoms with Gasteiger partial charge in [-0.25, -0.2) is 4.98 Å². The topological polar surface area (TPSA) is 75.6 Å². The molecule has 6 nitrogen and oxygen atoms in total. The van der Waals surface area contributed by atoms with Gasteiger partial charge in [0, 0.05) is 37.8 Å². The smallest absolute Gasteiger partial charge is 0.227 e. The second kappa shape index (κ2) is 7.80. The van der Waals surface area contributed by atoms with Gasteiger partial charge in [0.25, 0.3) is 0 Å². The Kier molecular flexibility index (Phi) is 5.50. The van der Waals surface area contributed by atoms with Gasteiger partial charge in [-0.2, -0.15) is 0 Å². The first-order valence-electron chi connectivity index (χ1n) is 8.81. The van der Waals surface area contributed by atoms with Crippen LogP contribution in [0.25, 0.3) is 11.3 Å². The van der Waals surface area contributed by atoms with Gasteiger partial charge in [0.2, 0.25) is 11.8 Å². The first-order chi connectivity index (χ1) is 12.0. The highest BCUT2D eigenvalue weighted by Gasteiger charge is 2.27. The van der Waals surface area contributed by atoms with Crippen LogP contribution < -0.4 is 5.73 Å². The molecule has 1 amide bonds. The van der Waals surface area contributed by atoms with E-state index in [1.807, 2.05) is 49.1 Å². The molecule has 0 radical (unpaired) electrons. The summed E-state index contributed by atoms with van der Waals surface area (Å²) < 4.78 is 5.87. The predicted molar refractivity (Wildman–Crippen MR) is 96.6 cm³/mol. The van der Waals surface area contributed by atoms with E-state index >= 15 is 0 Å². The van der Waals surface area contributed by atoms with E-state index < -0.39 is 0 Å². The maximum absolute atomic E-state index is 12.4. The number of hydrogen-bond donors (Lipinski definition) is 1. The highest BCUT2D eigenvalue weighted by atomic mass is 16.4. The first-order valence-corrected chi connectivity index (χ1v) is 8.81. The monoisotopic (exact) mass is 342 g/mol. The van der Waals surface area contributed by atoms with E-state index in [0.29, 0.717) is 12.4 Å². The van der Waals surface area contributed by atoms with E-state index in [0.717, 1.165) is 37.5 Å². The first kappa shape index (κ1) is 17.6. The Bertz CT molecular complexity index is 690. The Balaban J connectivity index is 1.53. The van der Waals surface area contributed by atoms with Crippen molar-refractivity contribution < 1.29 is 9.21 Å². The molecule has 1 aromatic carbocycles. The molecular formula is C19H26N4O2. The van der Waals surface area contributed by atoms with Crippen LogP contribution in [0.4, 0.5) is 0 Å². The van der Waals surface area contributed by atoms with Crippen molar-refractivity contribution in [3.63, 3.8) is 0 Å². The van der Waals surface area contributed by atoms with Crippen LogP contribution in [0, 0.1) is 5.92 Å². The molecule has 1 aliphatic heterocycles. The number of oxazole rings is 1. The number of carbonyl (C=O) groups is 1. The molecule has 2 unspecified atom stereocenters. The van der Waals surface area contributed by atoms with Crippen LogP contribution >= 0.6 is 0 Å². The third-order valence-corrected chi connectivity index (χ3v) is 4.83. The fourth-order valence-electron chi connectivity index (χ4n) is 2.95. The Hall–Kier alpha value is -2.18. The zero-order valence-corrected chi connectivity index (χ0v) is 14.9. The Labute approximate surface area is 148 Å². The van der Waals surface area contributed by atoms with Crippen molar-refractivity contribution >= 4 is 5.91 Å². The van der Waals surface area contributed by atoms with Crippen LogP contribution in [-0.4, -0.2) is 52.9 Å². The zero-order valence-electron chi connectivity index (χ0n) is 14.9. The Morgan fingerprint density at radius 3 is 2.52 bits per heavy atom. The number of amides is 1. The van der Waals surface area contributed by atoms with Crippen LogP contribution in [-0.2, 0) is 11.3 Å². The maximum Gasteiger partial charge on any atom is 0.227 e. The van der Waals surface area contributed by atoms with E-state index in [1.54, 1.807) is 6.20 Å². The Morgan fingerprint density at radius 1 is 1.20 bits per heavy atom. The second-order valence-electron chi connectivity index (χ2n) is 6.73. The van der Waals surface area contributed by atoms with E-state index in [-0.39, 0.29) is 17.9 Å². The quantitative estimate of drug-likeness (QED) is 0.899. The molecule has 1 saturated heterocycles. The van der Waals surface area contributed by atoms with Crippen LogP contribution in [0.2, 0.25) is 0 Å². The number of carbonyl (C=O) groups excluding carboxylic acids is 1. The van der Waals surface area contributed by atoms with Gasteiger partial charge in [0.05, 0.1) is 18.7 Å². The predicted octanol–water partition coefficient (Wildman–Crippen LogP) is 1.97. The van der Waals surface area contributed by atoms with E-state index in [1.165, 1.54) is 0 Å². The minimum Gasteiger partial charge on any atom is -0.439 e. The lowest BCUT2D eigenvalue weighted by molar-refractivity contribution is -0.137. The molecule has 3 rings (SSSR count). The molecule has 134 valence electrons. The average molecular weight is 342 g/mol. The molecule has 1 aromatic heterocycles. The van der Waals surface area contributed by atoms with Gasteiger partial charge in [-0.1, -0.05) is 37.3 Å². The molecule has 0 spiro atoms. The number of rotatable bonds is 5. The molecule has 0 aliphatic carbocycles. The van der Waals surface area contributed by atoms with Crippen molar-refractivity contribution in [2.45, 2.75) is 26.4 Å². The number of piperazine rings is 1. The SMILES string of the molecule is CC(N)C(C)C(=O)N1CCN(Cc2ncc(-c3ccccc3)o2)CC1. The fourth-order valence-corrected chi connectivity index (χ4v) is 2.95. The van der Waals surface area contributed by atoms with Crippen molar-refractivity contribution in [3.8, 4) is 11.3 Å². The van der Waals surface area contributed by atoms with Crippen LogP contribution in [0.5, 0.6) is 0 Å². The molecule has 2 aromatic rings. The molecule has 6 heteroatoms. The van der Waals surface area contributed by atoms with Crippen molar-refractivity contribution in [2.24, 2.45) is 11.7 Å². The molecule has 2 N–H and O–H groups in total. The van der Waals surface area contributed by atoms with Crippen molar-refractivity contribution in [2.75, 3.05) is 26.2 Å². The van der Waals surface area contributed by atoms with Crippen molar-refractivity contribution in [3.05, 3.63) is 42.4 Å². The van der Waals surface area contributed by atoms with Crippen LogP contribution in [0.3, 0.4) is 0 Å². The number of hydrogen-bond acceptors (Lipinski definition) is 5. The molecule has 25 heavy (non-hydrogen) atoms. The highest BCUT2D eigenvalue weighted by Crippen LogP contribution is 2.21. The average Bonchev–Trinajstić information content (AvgIpc) is 3.10. The lowest BCUT2D eigenvalue weighted by Gasteiger charge is -2.35. The summed E-state index contributed by atoms with van der Waals surface area (Å²) in [5, 5.41) is 0. The number of nitrogens with zero attached hydrogens (tertiary/aromatic N) is 3. The minimum absolute atomic E-state index is 0.116. The normalized spacial score (nSPS) is 18.1. The summed E-state index contributed by atoms with van der Waals surface area (Å²) in [4.78, 5) is 20.9. The highest BCUT2D eigenvalue weighted by molar-refractivity contribution is 5.79. The summed E-state index contributed by atoms with van der Waals surface area (Å²) >= 11 is 0. The van der Waals surface area contributed by atoms with E-state index in [4.69, 9.17) is 10.2 Å². The zero-order chi connectivity index (χ0) is 17.8. The summed E-state index contributed by atoms with van der Waals surface area (Å²) in [6.07, 6.45) is 1.77. The van der Waals surface area contributed by atoms with Crippen molar-refractivity contribution in [1.29, 1.82) is 0 Å². The van der Waals surface area contributed by atoms with Gasteiger partial charge in [0.1, 0.15) is 0 Å². The molecule has 1 aliphatic rings. The largest absolute Gasteiger partial charge is 0.439 e. The maximum atomic E-state index is 12.4. The molecule has 2 atom stereocenters. The van der Waals surface area contributed by atoms with Gasteiger partial charge in [-0.15, -0.1) is 0 Å². The lowest BCUT2D eigenvalue weighted by Crippen LogP contribution is -2.51. The number of aromatic nitrogens is 1. The fraction of sp³-hybridized carbons (Fsp3) is 0.474. The van der Waals surface area contributed by atoms with Crippen LogP contribution in [0.1, 0.15) is 19.7 Å². The Morgan fingerprint density at radius 2 is 1.88 bits per heavy atom. The number of benzene rings is 1. The molecule has 0 bridgehead atoms. The summed E-state index contributed by atoms with van der Waals surface area (Å²) in [7, 11) is 0.